The summed E-state index contributed by atoms with van der Waals surface area (Å²) < 4.78 is 39.7. The third-order valence-corrected chi connectivity index (χ3v) is 3.75. The van der Waals surface area contributed by atoms with Gasteiger partial charge in [0.1, 0.15) is 18.1 Å². The van der Waals surface area contributed by atoms with Crippen molar-refractivity contribution < 1.29 is 32.3 Å². The van der Waals surface area contributed by atoms with Gasteiger partial charge in [-0.25, -0.2) is 0 Å². The second-order valence-electron chi connectivity index (χ2n) is 5.09. The van der Waals surface area contributed by atoms with Crippen LogP contribution in [0.5, 0.6) is 11.5 Å². The molecule has 9 heteroatoms. The molecule has 8 nitrogen and oxygen atoms in total. The molecule has 1 amide bonds. The molecule has 0 fully saturated rings. The summed E-state index contributed by atoms with van der Waals surface area (Å²) in [5.41, 5.74) is 5.88. The Morgan fingerprint density at radius 2 is 1.50 bits per heavy atom. The number of primary amides is 1. The minimum atomic E-state index is -4.02. The van der Waals surface area contributed by atoms with Crippen LogP contribution in [0, 0.1) is 6.92 Å². The number of ether oxygens (including phenoxy) is 2. The van der Waals surface area contributed by atoms with Gasteiger partial charge in [0.05, 0.1) is 11.5 Å². The van der Waals surface area contributed by atoms with E-state index in [0.717, 1.165) is 5.56 Å². The van der Waals surface area contributed by atoms with Crippen LogP contribution in [-0.4, -0.2) is 43.8 Å². The van der Waals surface area contributed by atoms with Crippen LogP contribution in [0.15, 0.2) is 53.4 Å². The SMILES string of the molecule is Cc1ccc(S(=O)(=O)O)cc1.NC(=O)COc1ccc(OCCO)cc1. The summed E-state index contributed by atoms with van der Waals surface area (Å²) in [5.74, 6) is 0.663. The summed E-state index contributed by atoms with van der Waals surface area (Å²) in [6.07, 6.45) is 0. The molecule has 0 radical (unpaired) electrons. The van der Waals surface area contributed by atoms with E-state index in [1.165, 1.54) is 12.1 Å². The summed E-state index contributed by atoms with van der Waals surface area (Å²) in [4.78, 5) is 10.4. The van der Waals surface area contributed by atoms with E-state index >= 15 is 0 Å². The molecule has 0 aliphatic carbocycles. The fourth-order valence-electron chi connectivity index (χ4n) is 1.66. The van der Waals surface area contributed by atoms with E-state index in [9.17, 15) is 13.2 Å². The Morgan fingerprint density at radius 3 is 1.92 bits per heavy atom. The number of nitrogens with two attached hydrogens (primary N) is 1. The van der Waals surface area contributed by atoms with Gasteiger partial charge in [0.25, 0.3) is 16.0 Å². The first-order chi connectivity index (χ1) is 12.2. The van der Waals surface area contributed by atoms with Crippen molar-refractivity contribution in [3.8, 4) is 11.5 Å². The van der Waals surface area contributed by atoms with E-state index < -0.39 is 16.0 Å². The predicted octanol–water partition coefficient (Wildman–Crippen LogP) is 1.16. The average molecular weight is 383 g/mol. The number of amides is 1. The maximum absolute atomic E-state index is 10.5. The molecular formula is C17H21NO7S. The molecule has 0 aliphatic heterocycles. The molecule has 0 heterocycles. The number of aliphatic hydroxyl groups is 1. The first-order valence-electron chi connectivity index (χ1n) is 7.51. The van der Waals surface area contributed by atoms with Gasteiger partial charge in [-0.3, -0.25) is 9.35 Å². The fourth-order valence-corrected chi connectivity index (χ4v) is 2.14. The van der Waals surface area contributed by atoms with Crippen LogP contribution in [0.1, 0.15) is 5.56 Å². The van der Waals surface area contributed by atoms with Crippen molar-refractivity contribution in [1.82, 2.24) is 0 Å². The van der Waals surface area contributed by atoms with Gasteiger partial charge < -0.3 is 20.3 Å². The molecule has 2 aromatic rings. The summed E-state index contributed by atoms with van der Waals surface area (Å²) >= 11 is 0. The van der Waals surface area contributed by atoms with E-state index in [4.69, 9.17) is 24.9 Å². The molecular weight excluding hydrogens is 362 g/mol. The lowest BCUT2D eigenvalue weighted by Gasteiger charge is -2.06. The van der Waals surface area contributed by atoms with Crippen molar-refractivity contribution in [3.05, 3.63) is 54.1 Å². The Bertz CT molecular complexity index is 787. The lowest BCUT2D eigenvalue weighted by atomic mass is 10.2. The van der Waals surface area contributed by atoms with Crippen molar-refractivity contribution in [1.29, 1.82) is 0 Å². The van der Waals surface area contributed by atoms with Crippen LogP contribution in [0.4, 0.5) is 0 Å². The van der Waals surface area contributed by atoms with Crippen molar-refractivity contribution in [3.63, 3.8) is 0 Å². The fraction of sp³-hybridized carbons (Fsp3) is 0.235. The summed E-state index contributed by atoms with van der Waals surface area (Å²) in [6.45, 7) is 1.92. The van der Waals surface area contributed by atoms with Crippen molar-refractivity contribution in [2.24, 2.45) is 5.73 Å². The molecule has 142 valence electrons. The number of hydrogen-bond acceptors (Lipinski definition) is 6. The van der Waals surface area contributed by atoms with Crippen LogP contribution in [0.25, 0.3) is 0 Å². The summed E-state index contributed by atoms with van der Waals surface area (Å²) in [7, 11) is -4.02. The Hall–Kier alpha value is -2.62. The number of carbonyl (C=O) groups is 1. The van der Waals surface area contributed by atoms with Gasteiger partial charge in [-0.05, 0) is 43.3 Å². The minimum Gasteiger partial charge on any atom is -0.491 e. The van der Waals surface area contributed by atoms with Crippen LogP contribution < -0.4 is 15.2 Å². The monoisotopic (exact) mass is 383 g/mol. The van der Waals surface area contributed by atoms with Gasteiger partial charge in [0, 0.05) is 0 Å². The highest BCUT2D eigenvalue weighted by Crippen LogP contribution is 2.17. The zero-order chi connectivity index (χ0) is 19.6. The van der Waals surface area contributed by atoms with Gasteiger partial charge in [0.15, 0.2) is 6.61 Å². The molecule has 0 spiro atoms. The van der Waals surface area contributed by atoms with Crippen LogP contribution in [0.3, 0.4) is 0 Å². The van der Waals surface area contributed by atoms with Crippen LogP contribution in [0.2, 0.25) is 0 Å². The second kappa shape index (κ2) is 10.4. The molecule has 0 aromatic heterocycles. The molecule has 2 aromatic carbocycles. The first kappa shape index (κ1) is 21.4. The molecule has 0 atom stereocenters. The Kier molecular flexibility index (Phi) is 8.56. The Balaban J connectivity index is 0.000000273. The van der Waals surface area contributed by atoms with E-state index in [1.807, 2.05) is 6.92 Å². The number of aryl methyl sites for hydroxylation is 1. The van der Waals surface area contributed by atoms with Gasteiger partial charge in [-0.1, -0.05) is 17.7 Å². The third kappa shape index (κ3) is 8.47. The number of rotatable bonds is 7. The van der Waals surface area contributed by atoms with E-state index in [1.54, 1.807) is 36.4 Å². The first-order valence-corrected chi connectivity index (χ1v) is 8.95. The predicted molar refractivity (Wildman–Crippen MR) is 94.7 cm³/mol. The van der Waals surface area contributed by atoms with Crippen molar-refractivity contribution in [2.45, 2.75) is 11.8 Å². The lowest BCUT2D eigenvalue weighted by Crippen LogP contribution is -2.19. The van der Waals surface area contributed by atoms with E-state index in [-0.39, 0.29) is 24.7 Å². The van der Waals surface area contributed by atoms with Crippen molar-refractivity contribution >= 4 is 16.0 Å². The minimum absolute atomic E-state index is 0.0279. The normalized spacial score (nSPS) is 10.4. The van der Waals surface area contributed by atoms with Gasteiger partial charge in [0.2, 0.25) is 0 Å². The molecule has 4 N–H and O–H groups in total. The van der Waals surface area contributed by atoms with E-state index in [0.29, 0.717) is 11.5 Å². The molecule has 0 bridgehead atoms. The van der Waals surface area contributed by atoms with Gasteiger partial charge in [-0.15, -0.1) is 0 Å². The molecule has 0 unspecified atom stereocenters. The third-order valence-electron chi connectivity index (χ3n) is 2.88. The number of benzene rings is 2. The molecule has 0 aliphatic rings. The quantitative estimate of drug-likeness (QED) is 0.610. The molecule has 0 saturated heterocycles. The maximum atomic E-state index is 10.5. The highest BCUT2D eigenvalue weighted by Gasteiger charge is 2.06. The Morgan fingerprint density at radius 1 is 1.00 bits per heavy atom. The average Bonchev–Trinajstić information content (AvgIpc) is 2.59. The molecule has 2 rings (SSSR count). The van der Waals surface area contributed by atoms with Crippen LogP contribution in [-0.2, 0) is 14.9 Å². The maximum Gasteiger partial charge on any atom is 0.294 e. The van der Waals surface area contributed by atoms with E-state index in [2.05, 4.69) is 0 Å². The standard InChI is InChI=1S/C10H13NO4.C7H8O3S/c11-10(13)7-15-9-3-1-8(2-4-9)14-6-5-12;1-6-2-4-7(5-3-6)11(8,9)10/h1-4,12H,5-7H2,(H2,11,13);2-5H,1H3,(H,8,9,10). The smallest absolute Gasteiger partial charge is 0.294 e. The van der Waals surface area contributed by atoms with Gasteiger partial charge >= 0.3 is 0 Å². The highest BCUT2D eigenvalue weighted by molar-refractivity contribution is 7.85. The Labute approximate surface area is 151 Å². The molecule has 26 heavy (non-hydrogen) atoms. The van der Waals surface area contributed by atoms with Crippen molar-refractivity contribution in [2.75, 3.05) is 19.8 Å². The zero-order valence-corrected chi connectivity index (χ0v) is 15.0. The second-order valence-corrected chi connectivity index (χ2v) is 6.51. The zero-order valence-electron chi connectivity index (χ0n) is 14.2. The highest BCUT2D eigenvalue weighted by atomic mass is 32.2. The van der Waals surface area contributed by atoms with Crippen LogP contribution >= 0.6 is 0 Å². The largest absolute Gasteiger partial charge is 0.491 e. The number of aliphatic hydroxyl groups excluding tert-OH is 1. The summed E-state index contributed by atoms with van der Waals surface area (Å²) in [5, 5.41) is 8.53. The summed E-state index contributed by atoms with van der Waals surface area (Å²) in [6, 6.07) is 12.7. The van der Waals surface area contributed by atoms with Gasteiger partial charge in [-0.2, -0.15) is 8.42 Å². The molecule has 0 saturated carbocycles. The lowest BCUT2D eigenvalue weighted by molar-refractivity contribution is -0.119. The topological polar surface area (TPSA) is 136 Å². The number of carbonyl (C=O) groups excluding carboxylic acids is 1. The number of hydrogen-bond donors (Lipinski definition) is 3.